The van der Waals surface area contributed by atoms with Crippen LogP contribution in [0.25, 0.3) is 0 Å². The smallest absolute Gasteiger partial charge is 0.407 e. The summed E-state index contributed by atoms with van der Waals surface area (Å²) in [5, 5.41) is 2.72. The van der Waals surface area contributed by atoms with Crippen molar-refractivity contribution >= 4 is 12.5 Å². The zero-order chi connectivity index (χ0) is 11.5. The van der Waals surface area contributed by atoms with Gasteiger partial charge in [-0.2, -0.15) is 0 Å². The van der Waals surface area contributed by atoms with Crippen molar-refractivity contribution in [3.63, 3.8) is 0 Å². The highest BCUT2D eigenvalue weighted by Crippen LogP contribution is 2.10. The molecule has 0 aromatic rings. The number of likely N-dealkylation sites (tertiary alicyclic amines) is 1. The lowest BCUT2D eigenvalue weighted by atomic mass is 10.2. The summed E-state index contributed by atoms with van der Waals surface area (Å²) in [6.45, 7) is 6.60. The fourth-order valence-electron chi connectivity index (χ4n) is 1.44. The number of hydrogen-bond acceptors (Lipinski definition) is 3. The van der Waals surface area contributed by atoms with Gasteiger partial charge < -0.3 is 15.0 Å². The molecule has 0 saturated carbocycles. The molecule has 1 radical (unpaired) electrons. The summed E-state index contributed by atoms with van der Waals surface area (Å²) < 4.78 is 5.10. The minimum absolute atomic E-state index is 0.0127. The molecule has 85 valence electrons. The number of rotatable bonds is 2. The summed E-state index contributed by atoms with van der Waals surface area (Å²) in [5.74, 6) is 0. The largest absolute Gasteiger partial charge is 0.444 e. The predicted octanol–water partition coefficient (Wildman–Crippen LogP) is 0.653. The molecular formula is C10H17N2O3. The fourth-order valence-corrected chi connectivity index (χ4v) is 1.44. The average Bonchev–Trinajstić information content (AvgIpc) is 2.48. The third-order valence-corrected chi connectivity index (χ3v) is 2.04. The van der Waals surface area contributed by atoms with Gasteiger partial charge in [0, 0.05) is 13.1 Å². The lowest BCUT2D eigenvalue weighted by Crippen LogP contribution is -2.40. The number of nitrogens with zero attached hydrogens (tertiary/aromatic N) is 1. The standard InChI is InChI=1S/C10H17N2O3/c1-10(2,3)15-9(14)11-8-4-5-12(6-8)7-13/h8H,4-6H2,1-3H3,(H,11,14). The van der Waals surface area contributed by atoms with E-state index >= 15 is 0 Å². The van der Waals surface area contributed by atoms with Crippen molar-refractivity contribution in [2.24, 2.45) is 0 Å². The lowest BCUT2D eigenvalue weighted by Gasteiger charge is -2.21. The second kappa shape index (κ2) is 4.51. The maximum Gasteiger partial charge on any atom is 0.407 e. The van der Waals surface area contributed by atoms with Gasteiger partial charge in [0.25, 0.3) is 0 Å². The fraction of sp³-hybridized carbons (Fsp3) is 0.800. The van der Waals surface area contributed by atoms with Crippen LogP contribution in [0.1, 0.15) is 27.2 Å². The minimum Gasteiger partial charge on any atom is -0.444 e. The molecule has 1 aliphatic rings. The Bertz CT molecular complexity index is 248. The van der Waals surface area contributed by atoms with Crippen molar-refractivity contribution < 1.29 is 14.3 Å². The van der Waals surface area contributed by atoms with E-state index in [0.717, 1.165) is 6.42 Å². The number of carbonyl (C=O) groups excluding carboxylic acids is 2. The number of ether oxygens (including phenoxy) is 1. The summed E-state index contributed by atoms with van der Waals surface area (Å²) in [6, 6.07) is -0.0127. The molecule has 1 atom stereocenters. The number of amides is 2. The lowest BCUT2D eigenvalue weighted by molar-refractivity contribution is 0.0507. The maximum absolute atomic E-state index is 11.4. The van der Waals surface area contributed by atoms with Gasteiger partial charge in [-0.05, 0) is 27.2 Å². The Kier molecular flexibility index (Phi) is 3.55. The molecule has 0 aliphatic carbocycles. The molecule has 0 bridgehead atoms. The Hall–Kier alpha value is -1.26. The predicted molar refractivity (Wildman–Crippen MR) is 55.0 cm³/mol. The van der Waals surface area contributed by atoms with Gasteiger partial charge in [-0.3, -0.25) is 4.79 Å². The first-order valence-electron chi connectivity index (χ1n) is 5.03. The van der Waals surface area contributed by atoms with Crippen LogP contribution in [0.3, 0.4) is 0 Å². The van der Waals surface area contributed by atoms with Crippen molar-refractivity contribution in [2.75, 3.05) is 13.1 Å². The Morgan fingerprint density at radius 3 is 2.67 bits per heavy atom. The molecule has 1 rings (SSSR count). The van der Waals surface area contributed by atoms with E-state index in [1.54, 1.807) is 6.41 Å². The summed E-state index contributed by atoms with van der Waals surface area (Å²) in [6.07, 6.45) is 2.13. The zero-order valence-electron chi connectivity index (χ0n) is 9.37. The molecule has 1 aliphatic heterocycles. The molecule has 5 heteroatoms. The van der Waals surface area contributed by atoms with Crippen LogP contribution in [0.2, 0.25) is 0 Å². The quantitative estimate of drug-likeness (QED) is 0.732. The highest BCUT2D eigenvalue weighted by molar-refractivity contribution is 5.68. The van der Waals surface area contributed by atoms with Gasteiger partial charge in [0.05, 0.1) is 6.04 Å². The highest BCUT2D eigenvalue weighted by atomic mass is 16.6. The third-order valence-electron chi connectivity index (χ3n) is 2.04. The second-order valence-corrected chi connectivity index (χ2v) is 4.67. The molecule has 5 nitrogen and oxygen atoms in total. The molecular weight excluding hydrogens is 196 g/mol. The number of nitrogens with one attached hydrogen (secondary N) is 1. The molecule has 2 amide bonds. The SMILES string of the molecule is CC(C)(C)OC(=O)NC1CCN([C]=O)C1. The van der Waals surface area contributed by atoms with E-state index in [4.69, 9.17) is 4.74 Å². The Balaban J connectivity index is 2.31. The Morgan fingerprint density at radius 2 is 2.20 bits per heavy atom. The Morgan fingerprint density at radius 1 is 1.53 bits per heavy atom. The topological polar surface area (TPSA) is 58.6 Å². The van der Waals surface area contributed by atoms with Crippen LogP contribution in [-0.2, 0) is 9.53 Å². The van der Waals surface area contributed by atoms with E-state index in [9.17, 15) is 9.59 Å². The monoisotopic (exact) mass is 213 g/mol. The minimum atomic E-state index is -0.487. The van der Waals surface area contributed by atoms with Crippen LogP contribution in [0.15, 0.2) is 0 Å². The van der Waals surface area contributed by atoms with Crippen LogP contribution in [-0.4, -0.2) is 42.1 Å². The summed E-state index contributed by atoms with van der Waals surface area (Å²) in [7, 11) is 0. The van der Waals surface area contributed by atoms with E-state index in [1.807, 2.05) is 20.8 Å². The van der Waals surface area contributed by atoms with Crippen molar-refractivity contribution in [3.8, 4) is 0 Å². The highest BCUT2D eigenvalue weighted by Gasteiger charge is 2.25. The van der Waals surface area contributed by atoms with Crippen LogP contribution in [0.4, 0.5) is 4.79 Å². The van der Waals surface area contributed by atoms with Crippen molar-refractivity contribution in [1.82, 2.24) is 10.2 Å². The van der Waals surface area contributed by atoms with Crippen LogP contribution in [0, 0.1) is 0 Å². The summed E-state index contributed by atoms with van der Waals surface area (Å²) in [4.78, 5) is 23.2. The molecule has 1 unspecified atom stereocenters. The third kappa shape index (κ3) is 4.18. The van der Waals surface area contributed by atoms with Crippen LogP contribution >= 0.6 is 0 Å². The first kappa shape index (κ1) is 11.8. The van der Waals surface area contributed by atoms with Gasteiger partial charge in [-0.25, -0.2) is 4.79 Å². The second-order valence-electron chi connectivity index (χ2n) is 4.67. The summed E-state index contributed by atoms with van der Waals surface area (Å²) >= 11 is 0. The van der Waals surface area contributed by atoms with E-state index in [1.165, 1.54) is 4.90 Å². The van der Waals surface area contributed by atoms with Gasteiger partial charge in [0.2, 0.25) is 0 Å². The molecule has 0 aromatic carbocycles. The molecule has 0 aromatic heterocycles. The van der Waals surface area contributed by atoms with Gasteiger partial charge >= 0.3 is 12.5 Å². The number of hydrogen-bond donors (Lipinski definition) is 1. The van der Waals surface area contributed by atoms with Crippen molar-refractivity contribution in [3.05, 3.63) is 0 Å². The van der Waals surface area contributed by atoms with Crippen LogP contribution < -0.4 is 5.32 Å². The number of carbonyl (C=O) groups is 1. The molecule has 1 heterocycles. The number of alkyl carbamates (subject to hydrolysis) is 1. The molecule has 1 saturated heterocycles. The first-order chi connectivity index (χ1) is 6.90. The van der Waals surface area contributed by atoms with Crippen molar-refractivity contribution in [2.45, 2.75) is 38.8 Å². The van der Waals surface area contributed by atoms with Crippen LogP contribution in [0.5, 0.6) is 0 Å². The zero-order valence-corrected chi connectivity index (χ0v) is 9.37. The summed E-state index contributed by atoms with van der Waals surface area (Å²) in [5.41, 5.74) is -0.487. The molecule has 1 N–H and O–H groups in total. The van der Waals surface area contributed by atoms with Gasteiger partial charge in [-0.1, -0.05) is 0 Å². The average molecular weight is 213 g/mol. The molecule has 0 spiro atoms. The normalized spacial score (nSPS) is 21.3. The van der Waals surface area contributed by atoms with Crippen molar-refractivity contribution in [1.29, 1.82) is 0 Å². The van der Waals surface area contributed by atoms with E-state index in [0.29, 0.717) is 13.1 Å². The van der Waals surface area contributed by atoms with E-state index in [-0.39, 0.29) is 6.04 Å². The van der Waals surface area contributed by atoms with E-state index in [2.05, 4.69) is 5.32 Å². The van der Waals surface area contributed by atoms with Gasteiger partial charge in [-0.15, -0.1) is 0 Å². The molecule has 1 fully saturated rings. The van der Waals surface area contributed by atoms with Gasteiger partial charge in [0.1, 0.15) is 5.60 Å². The van der Waals surface area contributed by atoms with E-state index < -0.39 is 11.7 Å². The van der Waals surface area contributed by atoms with Gasteiger partial charge in [0.15, 0.2) is 0 Å². The first-order valence-corrected chi connectivity index (χ1v) is 5.03. The maximum atomic E-state index is 11.4. The molecule has 15 heavy (non-hydrogen) atoms. The Labute approximate surface area is 89.8 Å².